The molecule has 2 N–H and O–H groups in total. The molecule has 118 valence electrons. The second-order valence-electron chi connectivity index (χ2n) is 4.66. The molecule has 8 nitrogen and oxygen atoms in total. The van der Waals surface area contributed by atoms with Crippen LogP contribution < -0.4 is 10.6 Å². The molecular formula is C13H22N4O4. The molecule has 0 bridgehead atoms. The maximum Gasteiger partial charge on any atom is 0.274 e. The first-order valence-electron chi connectivity index (χ1n) is 6.58. The van der Waals surface area contributed by atoms with Gasteiger partial charge >= 0.3 is 0 Å². The lowest BCUT2D eigenvalue weighted by Crippen LogP contribution is -2.27. The van der Waals surface area contributed by atoms with Gasteiger partial charge in [-0.05, 0) is 26.2 Å². The second-order valence-corrected chi connectivity index (χ2v) is 4.66. The van der Waals surface area contributed by atoms with Crippen LogP contribution >= 0.6 is 0 Å². The summed E-state index contributed by atoms with van der Waals surface area (Å²) in [5.41, 5.74) is 0. The van der Waals surface area contributed by atoms with Gasteiger partial charge in [0.15, 0.2) is 5.82 Å². The molecule has 0 spiro atoms. The molecule has 1 rings (SSSR count). The van der Waals surface area contributed by atoms with E-state index in [4.69, 9.17) is 9.15 Å². The van der Waals surface area contributed by atoms with E-state index in [1.807, 2.05) is 31.1 Å². The van der Waals surface area contributed by atoms with Crippen molar-refractivity contribution >= 4 is 0 Å². The molecule has 0 unspecified atom stereocenters. The number of nitro groups is 1. The Morgan fingerprint density at radius 2 is 2.19 bits per heavy atom. The minimum Gasteiger partial charge on any atom is -0.462 e. The molecule has 0 radical (unpaired) electrons. The lowest BCUT2D eigenvalue weighted by Gasteiger charge is -2.08. The highest BCUT2D eigenvalue weighted by Gasteiger charge is 2.04. The fraction of sp³-hybridized carbons (Fsp3) is 0.538. The summed E-state index contributed by atoms with van der Waals surface area (Å²) in [5.74, 6) is 2.00. The molecule has 0 aromatic carbocycles. The predicted molar refractivity (Wildman–Crippen MR) is 77.9 cm³/mol. The highest BCUT2D eigenvalue weighted by atomic mass is 16.6. The lowest BCUT2D eigenvalue weighted by atomic mass is 10.4. The third kappa shape index (κ3) is 7.33. The summed E-state index contributed by atoms with van der Waals surface area (Å²) in [6, 6.07) is 3.81. The summed E-state index contributed by atoms with van der Waals surface area (Å²) >= 11 is 0. The number of hydrogen-bond donors (Lipinski definition) is 2. The van der Waals surface area contributed by atoms with Crippen LogP contribution in [0.1, 0.15) is 11.5 Å². The first-order valence-corrected chi connectivity index (χ1v) is 6.58. The summed E-state index contributed by atoms with van der Waals surface area (Å²) in [7, 11) is 5.56. The van der Waals surface area contributed by atoms with Crippen molar-refractivity contribution in [1.82, 2.24) is 15.5 Å². The van der Waals surface area contributed by atoms with Gasteiger partial charge in [0.2, 0.25) is 0 Å². The Labute approximate surface area is 123 Å². The monoisotopic (exact) mass is 298 g/mol. The standard InChI is InChI=1S/C13H22N4O4/c1-14-13(9-17(18)19)15-6-7-20-10-12-5-4-11(21-12)8-16(2)3/h4-5,9,14-15H,6-8,10H2,1-3H3. The third-order valence-corrected chi connectivity index (χ3v) is 2.50. The Balaban J connectivity index is 2.22. The van der Waals surface area contributed by atoms with Crippen LogP contribution in [0.4, 0.5) is 0 Å². The van der Waals surface area contributed by atoms with Crippen LogP contribution in [0.2, 0.25) is 0 Å². The summed E-state index contributed by atoms with van der Waals surface area (Å²) in [4.78, 5) is 11.8. The number of nitrogens with zero attached hydrogens (tertiary/aromatic N) is 2. The number of hydrogen-bond acceptors (Lipinski definition) is 7. The zero-order valence-corrected chi connectivity index (χ0v) is 12.6. The van der Waals surface area contributed by atoms with Gasteiger partial charge in [-0.15, -0.1) is 0 Å². The Morgan fingerprint density at radius 1 is 1.48 bits per heavy atom. The molecule has 0 atom stereocenters. The van der Waals surface area contributed by atoms with Gasteiger partial charge in [0.1, 0.15) is 18.1 Å². The second kappa shape index (κ2) is 8.98. The molecule has 0 fully saturated rings. The Hall–Kier alpha value is -2.06. The van der Waals surface area contributed by atoms with E-state index in [9.17, 15) is 10.1 Å². The van der Waals surface area contributed by atoms with Gasteiger partial charge in [-0.25, -0.2) is 0 Å². The molecule has 8 heteroatoms. The van der Waals surface area contributed by atoms with Gasteiger partial charge in [0.05, 0.1) is 18.1 Å². The van der Waals surface area contributed by atoms with Crippen molar-refractivity contribution in [2.75, 3.05) is 34.3 Å². The molecule has 0 saturated carbocycles. The van der Waals surface area contributed by atoms with Crippen LogP contribution in [0.25, 0.3) is 0 Å². The van der Waals surface area contributed by atoms with Crippen LogP contribution in [-0.2, 0) is 17.9 Å². The van der Waals surface area contributed by atoms with Crippen molar-refractivity contribution in [2.45, 2.75) is 13.2 Å². The maximum absolute atomic E-state index is 10.3. The van der Waals surface area contributed by atoms with Gasteiger partial charge in [0, 0.05) is 13.6 Å². The van der Waals surface area contributed by atoms with Crippen LogP contribution in [-0.4, -0.2) is 44.1 Å². The van der Waals surface area contributed by atoms with E-state index in [2.05, 4.69) is 10.6 Å². The van der Waals surface area contributed by atoms with Crippen molar-refractivity contribution < 1.29 is 14.1 Å². The van der Waals surface area contributed by atoms with E-state index >= 15 is 0 Å². The van der Waals surface area contributed by atoms with Crippen molar-refractivity contribution in [3.63, 3.8) is 0 Å². The summed E-state index contributed by atoms with van der Waals surface area (Å²) < 4.78 is 11.0. The molecular weight excluding hydrogens is 276 g/mol. The minimum atomic E-state index is -0.519. The first kappa shape index (κ1) is 17.0. The average Bonchev–Trinajstić information content (AvgIpc) is 2.83. The van der Waals surface area contributed by atoms with E-state index in [1.165, 1.54) is 0 Å². The van der Waals surface area contributed by atoms with Crippen LogP contribution in [0.15, 0.2) is 28.6 Å². The number of nitrogens with one attached hydrogen (secondary N) is 2. The van der Waals surface area contributed by atoms with Crippen LogP contribution in [0, 0.1) is 10.1 Å². The van der Waals surface area contributed by atoms with Crippen molar-refractivity contribution in [2.24, 2.45) is 0 Å². The molecule has 0 saturated heterocycles. The van der Waals surface area contributed by atoms with Crippen molar-refractivity contribution in [3.8, 4) is 0 Å². The van der Waals surface area contributed by atoms with Crippen molar-refractivity contribution in [1.29, 1.82) is 0 Å². The summed E-state index contributed by atoms with van der Waals surface area (Å²) in [5, 5.41) is 15.9. The first-order chi connectivity index (χ1) is 10.0. The van der Waals surface area contributed by atoms with E-state index < -0.39 is 4.92 Å². The largest absolute Gasteiger partial charge is 0.462 e. The Morgan fingerprint density at radius 3 is 2.81 bits per heavy atom. The van der Waals surface area contributed by atoms with Crippen LogP contribution in [0.3, 0.4) is 0 Å². The zero-order chi connectivity index (χ0) is 15.7. The highest BCUT2D eigenvalue weighted by Crippen LogP contribution is 2.10. The van der Waals surface area contributed by atoms with E-state index in [0.717, 1.165) is 24.3 Å². The topological polar surface area (TPSA) is 92.8 Å². The van der Waals surface area contributed by atoms with Gasteiger partial charge in [-0.1, -0.05) is 0 Å². The molecule has 1 aromatic heterocycles. The molecule has 0 aliphatic heterocycles. The molecule has 0 aliphatic rings. The third-order valence-electron chi connectivity index (χ3n) is 2.50. The van der Waals surface area contributed by atoms with E-state index in [1.54, 1.807) is 7.05 Å². The fourth-order valence-corrected chi connectivity index (χ4v) is 1.63. The lowest BCUT2D eigenvalue weighted by molar-refractivity contribution is -0.404. The van der Waals surface area contributed by atoms with Gasteiger partial charge in [0.25, 0.3) is 6.20 Å². The van der Waals surface area contributed by atoms with Gasteiger partial charge < -0.3 is 24.7 Å². The Bertz CT molecular complexity index is 470. The quantitative estimate of drug-likeness (QED) is 0.374. The maximum atomic E-state index is 10.3. The predicted octanol–water partition coefficient (Wildman–Crippen LogP) is 0.742. The van der Waals surface area contributed by atoms with Gasteiger partial charge in [-0.3, -0.25) is 10.1 Å². The molecule has 0 aliphatic carbocycles. The van der Waals surface area contributed by atoms with Gasteiger partial charge in [-0.2, -0.15) is 0 Å². The minimum absolute atomic E-state index is 0.342. The molecule has 0 amide bonds. The highest BCUT2D eigenvalue weighted by molar-refractivity contribution is 5.06. The fourth-order valence-electron chi connectivity index (χ4n) is 1.63. The normalized spacial score (nSPS) is 11.7. The van der Waals surface area contributed by atoms with E-state index in [0.29, 0.717) is 25.6 Å². The summed E-state index contributed by atoms with van der Waals surface area (Å²) in [6.07, 6.45) is 0.875. The van der Waals surface area contributed by atoms with Crippen molar-refractivity contribution in [3.05, 3.63) is 45.8 Å². The zero-order valence-electron chi connectivity index (χ0n) is 12.6. The van der Waals surface area contributed by atoms with Crippen LogP contribution in [0.5, 0.6) is 0 Å². The molecule has 1 heterocycles. The molecule has 1 aromatic rings. The average molecular weight is 298 g/mol. The van der Waals surface area contributed by atoms with E-state index in [-0.39, 0.29) is 0 Å². The number of rotatable bonds is 10. The smallest absolute Gasteiger partial charge is 0.274 e. The SMILES string of the molecule is CNC(=C[N+](=O)[O-])NCCOCc1ccc(CN(C)C)o1. The molecule has 21 heavy (non-hydrogen) atoms. The Kier molecular flexibility index (Phi) is 7.27. The number of furan rings is 1. The number of ether oxygens (including phenoxy) is 1. The summed E-state index contributed by atoms with van der Waals surface area (Å²) in [6.45, 7) is 2.01.